The van der Waals surface area contributed by atoms with Crippen LogP contribution in [-0.2, 0) is 4.79 Å². The lowest BCUT2D eigenvalue weighted by molar-refractivity contribution is -0.137. The van der Waals surface area contributed by atoms with Gasteiger partial charge in [-0.25, -0.2) is 0 Å². The normalized spacial score (nSPS) is 19.6. The molecule has 1 unspecified atom stereocenters. The quantitative estimate of drug-likeness (QED) is 0.657. The monoisotopic (exact) mass is 227 g/mol. The minimum absolute atomic E-state index is 0.240. The first-order valence-corrected chi connectivity index (χ1v) is 6.61. The van der Waals surface area contributed by atoms with Crippen LogP contribution in [0.4, 0.5) is 0 Å². The van der Waals surface area contributed by atoms with Crippen molar-refractivity contribution in [1.29, 1.82) is 0 Å². The molecule has 1 aliphatic rings. The zero-order valence-electron chi connectivity index (χ0n) is 10.4. The average molecular weight is 227 g/mol. The molecule has 0 aliphatic heterocycles. The third-order valence-corrected chi connectivity index (χ3v) is 3.47. The van der Waals surface area contributed by atoms with Gasteiger partial charge in [0.05, 0.1) is 0 Å². The van der Waals surface area contributed by atoms with Crippen molar-refractivity contribution in [2.75, 3.05) is 13.1 Å². The summed E-state index contributed by atoms with van der Waals surface area (Å²) in [5.74, 6) is 0.460. The molecule has 0 radical (unpaired) electrons. The summed E-state index contributed by atoms with van der Waals surface area (Å²) in [4.78, 5) is 10.5. The highest BCUT2D eigenvalue weighted by Crippen LogP contribution is 2.25. The maximum atomic E-state index is 10.5. The average Bonchev–Trinajstić information content (AvgIpc) is 2.25. The number of hydrogen-bond acceptors (Lipinski definition) is 2. The molecule has 3 nitrogen and oxygen atoms in total. The highest BCUT2D eigenvalue weighted by molar-refractivity contribution is 5.66. The van der Waals surface area contributed by atoms with Crippen LogP contribution in [0.1, 0.15) is 51.9 Å². The molecule has 1 rings (SSSR count). The molecule has 1 aliphatic carbocycles. The summed E-state index contributed by atoms with van der Waals surface area (Å²) in [5.41, 5.74) is 0. The summed E-state index contributed by atoms with van der Waals surface area (Å²) in [6, 6.07) is 0. The van der Waals surface area contributed by atoms with Gasteiger partial charge < -0.3 is 10.4 Å². The molecule has 0 amide bonds. The standard InChI is InChI=1S/C13H25NO2/c1-11(9-13(15)16)10-14-8-7-12-5-3-2-4-6-12/h11-12,14H,2-10H2,1H3,(H,15,16). The molecule has 16 heavy (non-hydrogen) atoms. The van der Waals surface area contributed by atoms with Crippen LogP contribution in [0.15, 0.2) is 0 Å². The minimum Gasteiger partial charge on any atom is -0.481 e. The van der Waals surface area contributed by atoms with E-state index in [0.29, 0.717) is 0 Å². The van der Waals surface area contributed by atoms with E-state index in [2.05, 4.69) is 5.32 Å². The van der Waals surface area contributed by atoms with Crippen LogP contribution in [0.25, 0.3) is 0 Å². The third kappa shape index (κ3) is 6.11. The van der Waals surface area contributed by atoms with Crippen LogP contribution in [0.5, 0.6) is 0 Å². The zero-order valence-corrected chi connectivity index (χ0v) is 10.4. The second-order valence-electron chi connectivity index (χ2n) is 5.20. The van der Waals surface area contributed by atoms with Crippen LogP contribution in [-0.4, -0.2) is 24.2 Å². The molecule has 1 saturated carbocycles. The van der Waals surface area contributed by atoms with E-state index >= 15 is 0 Å². The zero-order chi connectivity index (χ0) is 11.8. The fourth-order valence-corrected chi connectivity index (χ4v) is 2.50. The Kier molecular flexibility index (Phi) is 6.46. The molecule has 0 aromatic heterocycles. The summed E-state index contributed by atoms with van der Waals surface area (Å²) in [7, 11) is 0. The van der Waals surface area contributed by atoms with E-state index in [1.807, 2.05) is 6.92 Å². The van der Waals surface area contributed by atoms with Gasteiger partial charge in [0.1, 0.15) is 0 Å². The lowest BCUT2D eigenvalue weighted by Crippen LogP contribution is -2.25. The molecule has 0 heterocycles. The molecule has 94 valence electrons. The Labute approximate surface area is 98.6 Å². The van der Waals surface area contributed by atoms with Gasteiger partial charge in [0, 0.05) is 6.42 Å². The Morgan fingerprint density at radius 1 is 1.38 bits per heavy atom. The fourth-order valence-electron chi connectivity index (χ4n) is 2.50. The number of rotatable bonds is 7. The predicted molar refractivity (Wildman–Crippen MR) is 65.5 cm³/mol. The number of carboxylic acids is 1. The van der Waals surface area contributed by atoms with Crippen molar-refractivity contribution in [3.8, 4) is 0 Å². The molecule has 0 aromatic carbocycles. The molecule has 0 aromatic rings. The van der Waals surface area contributed by atoms with Crippen molar-refractivity contribution in [1.82, 2.24) is 5.32 Å². The molecule has 0 bridgehead atoms. The van der Waals surface area contributed by atoms with Gasteiger partial charge in [-0.1, -0.05) is 39.0 Å². The first-order valence-electron chi connectivity index (χ1n) is 6.61. The van der Waals surface area contributed by atoms with Crippen LogP contribution in [0.2, 0.25) is 0 Å². The molecular weight excluding hydrogens is 202 g/mol. The van der Waals surface area contributed by atoms with Crippen molar-refractivity contribution < 1.29 is 9.90 Å². The van der Waals surface area contributed by atoms with E-state index in [-0.39, 0.29) is 12.3 Å². The second kappa shape index (κ2) is 7.66. The van der Waals surface area contributed by atoms with Gasteiger partial charge in [-0.2, -0.15) is 0 Å². The first kappa shape index (κ1) is 13.5. The van der Waals surface area contributed by atoms with Crippen molar-refractivity contribution in [2.45, 2.75) is 51.9 Å². The Hall–Kier alpha value is -0.570. The van der Waals surface area contributed by atoms with Crippen molar-refractivity contribution in [3.63, 3.8) is 0 Å². The van der Waals surface area contributed by atoms with Crippen LogP contribution in [0, 0.1) is 11.8 Å². The number of hydrogen-bond donors (Lipinski definition) is 2. The van der Waals surface area contributed by atoms with Gasteiger partial charge in [0.15, 0.2) is 0 Å². The molecule has 0 saturated heterocycles. The maximum Gasteiger partial charge on any atom is 0.303 e. The smallest absolute Gasteiger partial charge is 0.303 e. The lowest BCUT2D eigenvalue weighted by Gasteiger charge is -2.21. The minimum atomic E-state index is -0.693. The third-order valence-electron chi connectivity index (χ3n) is 3.47. The van der Waals surface area contributed by atoms with Gasteiger partial charge in [-0.3, -0.25) is 4.79 Å². The largest absolute Gasteiger partial charge is 0.481 e. The number of nitrogens with one attached hydrogen (secondary N) is 1. The van der Waals surface area contributed by atoms with Crippen LogP contribution in [0.3, 0.4) is 0 Å². The van der Waals surface area contributed by atoms with Crippen molar-refractivity contribution >= 4 is 5.97 Å². The van der Waals surface area contributed by atoms with Gasteiger partial charge in [-0.05, 0) is 31.3 Å². The first-order chi connectivity index (χ1) is 7.68. The summed E-state index contributed by atoms with van der Waals surface area (Å²) < 4.78 is 0. The SMILES string of the molecule is CC(CNCCC1CCCCC1)CC(=O)O. The van der Waals surface area contributed by atoms with E-state index in [0.717, 1.165) is 19.0 Å². The van der Waals surface area contributed by atoms with Crippen molar-refractivity contribution in [2.24, 2.45) is 11.8 Å². The Bertz CT molecular complexity index is 200. The van der Waals surface area contributed by atoms with Crippen LogP contribution < -0.4 is 5.32 Å². The van der Waals surface area contributed by atoms with Gasteiger partial charge >= 0.3 is 5.97 Å². The number of aliphatic carboxylic acids is 1. The molecule has 0 spiro atoms. The molecular formula is C13H25NO2. The molecule has 1 atom stereocenters. The maximum absolute atomic E-state index is 10.5. The van der Waals surface area contributed by atoms with E-state index in [1.165, 1.54) is 38.5 Å². The lowest BCUT2D eigenvalue weighted by atomic mass is 9.87. The van der Waals surface area contributed by atoms with Gasteiger partial charge in [0.2, 0.25) is 0 Å². The number of carboxylic acid groups (broad SMARTS) is 1. The van der Waals surface area contributed by atoms with E-state index in [4.69, 9.17) is 5.11 Å². The van der Waals surface area contributed by atoms with Crippen molar-refractivity contribution in [3.05, 3.63) is 0 Å². The number of carbonyl (C=O) groups is 1. The second-order valence-corrected chi connectivity index (χ2v) is 5.20. The topological polar surface area (TPSA) is 49.3 Å². The highest BCUT2D eigenvalue weighted by Gasteiger charge is 2.13. The summed E-state index contributed by atoms with van der Waals surface area (Å²) in [5, 5.41) is 12.0. The van der Waals surface area contributed by atoms with E-state index < -0.39 is 5.97 Å². The fraction of sp³-hybridized carbons (Fsp3) is 0.923. The Balaban J connectivity index is 1.96. The van der Waals surface area contributed by atoms with Gasteiger partial charge in [0.25, 0.3) is 0 Å². The van der Waals surface area contributed by atoms with E-state index in [9.17, 15) is 4.79 Å². The Morgan fingerprint density at radius 3 is 2.69 bits per heavy atom. The summed E-state index contributed by atoms with van der Waals surface area (Å²) in [6.45, 7) is 3.87. The Morgan fingerprint density at radius 2 is 2.06 bits per heavy atom. The summed E-state index contributed by atoms with van der Waals surface area (Å²) in [6.07, 6.45) is 8.55. The molecule has 3 heteroatoms. The molecule has 1 fully saturated rings. The highest BCUT2D eigenvalue weighted by atomic mass is 16.4. The predicted octanol–water partition coefficient (Wildman–Crippen LogP) is 2.66. The van der Waals surface area contributed by atoms with Crippen LogP contribution >= 0.6 is 0 Å². The molecule has 2 N–H and O–H groups in total. The van der Waals surface area contributed by atoms with Gasteiger partial charge in [-0.15, -0.1) is 0 Å². The summed E-state index contributed by atoms with van der Waals surface area (Å²) >= 11 is 0. The van der Waals surface area contributed by atoms with E-state index in [1.54, 1.807) is 0 Å².